The van der Waals surface area contributed by atoms with E-state index in [4.69, 9.17) is 12.2 Å². The molecule has 0 saturated carbocycles. The molecule has 2 aromatic rings. The summed E-state index contributed by atoms with van der Waals surface area (Å²) in [4.78, 5) is 0. The largest absolute Gasteiger partial charge is 0.359 e. The van der Waals surface area contributed by atoms with Crippen LogP contribution in [0, 0.1) is 0 Å². The zero-order valence-electron chi connectivity index (χ0n) is 11.5. The number of hydrogen-bond acceptors (Lipinski definition) is 3. The fourth-order valence-corrected chi connectivity index (χ4v) is 1.76. The summed E-state index contributed by atoms with van der Waals surface area (Å²) in [6.07, 6.45) is 1.75. The minimum Gasteiger partial charge on any atom is -0.359 e. The van der Waals surface area contributed by atoms with E-state index in [0.717, 1.165) is 17.1 Å². The van der Waals surface area contributed by atoms with Gasteiger partial charge in [-0.2, -0.15) is 10.2 Å². The molecule has 0 bridgehead atoms. The molecule has 4 nitrogen and oxygen atoms in total. The molecule has 0 spiro atoms. The monoisotopic (exact) mass is 296 g/mol. The first-order valence-corrected chi connectivity index (χ1v) is 6.91. The molecule has 0 aliphatic carbocycles. The minimum absolute atomic E-state index is 0.563. The fraction of sp³-hybridized carbons (Fsp3) is 0.0625. The van der Waals surface area contributed by atoms with Crippen LogP contribution in [0.4, 0.5) is 17.1 Å². The Morgan fingerprint density at radius 1 is 1.00 bits per heavy atom. The molecule has 2 aromatic carbocycles. The molecule has 5 heteroatoms. The molecular weight excluding hydrogens is 280 g/mol. The third-order valence-corrected chi connectivity index (χ3v) is 2.82. The van der Waals surface area contributed by atoms with E-state index in [1.54, 1.807) is 6.08 Å². The maximum absolute atomic E-state index is 5.14. The van der Waals surface area contributed by atoms with E-state index in [0.29, 0.717) is 11.7 Å². The second-order valence-corrected chi connectivity index (χ2v) is 4.61. The highest BCUT2D eigenvalue weighted by atomic mass is 32.1. The molecule has 0 atom stereocenters. The number of nitrogens with one attached hydrogen (secondary N) is 2. The molecule has 0 fully saturated rings. The van der Waals surface area contributed by atoms with E-state index in [2.05, 4.69) is 27.4 Å². The maximum atomic E-state index is 5.14. The third kappa shape index (κ3) is 5.16. The molecule has 106 valence electrons. The Morgan fingerprint density at radius 2 is 1.62 bits per heavy atom. The van der Waals surface area contributed by atoms with E-state index in [-0.39, 0.29) is 0 Å². The Morgan fingerprint density at radius 3 is 2.24 bits per heavy atom. The van der Waals surface area contributed by atoms with Crippen LogP contribution in [0.3, 0.4) is 0 Å². The Bertz CT molecular complexity index is 620. The van der Waals surface area contributed by atoms with E-state index in [1.165, 1.54) is 0 Å². The second-order valence-electron chi connectivity index (χ2n) is 4.21. The summed E-state index contributed by atoms with van der Waals surface area (Å²) < 4.78 is 0. The van der Waals surface area contributed by atoms with Gasteiger partial charge in [0.05, 0.1) is 11.4 Å². The van der Waals surface area contributed by atoms with Crippen molar-refractivity contribution in [1.29, 1.82) is 0 Å². The van der Waals surface area contributed by atoms with Crippen molar-refractivity contribution in [2.45, 2.75) is 0 Å². The van der Waals surface area contributed by atoms with Gasteiger partial charge in [-0.3, -0.25) is 0 Å². The highest BCUT2D eigenvalue weighted by molar-refractivity contribution is 7.80. The first-order chi connectivity index (χ1) is 10.3. The van der Waals surface area contributed by atoms with Crippen LogP contribution in [-0.4, -0.2) is 11.7 Å². The van der Waals surface area contributed by atoms with Crippen LogP contribution in [-0.2, 0) is 0 Å². The molecule has 21 heavy (non-hydrogen) atoms. The standard InChI is InChI=1S/C16H16N4S/c1-2-12-17-16(21)18-13-8-10-15(11-9-13)20-19-14-6-4-3-5-7-14/h2-11H,1,12H2,(H2,17,18,21). The van der Waals surface area contributed by atoms with Crippen LogP contribution >= 0.6 is 12.2 Å². The second kappa shape index (κ2) is 7.91. The van der Waals surface area contributed by atoms with Crippen molar-refractivity contribution in [3.8, 4) is 0 Å². The van der Waals surface area contributed by atoms with Crippen LogP contribution in [0.25, 0.3) is 0 Å². The molecule has 2 rings (SSSR count). The number of azo groups is 1. The van der Waals surface area contributed by atoms with Gasteiger partial charge in [0.25, 0.3) is 0 Å². The van der Waals surface area contributed by atoms with Crippen LogP contribution < -0.4 is 10.6 Å². The summed E-state index contributed by atoms with van der Waals surface area (Å²) in [6, 6.07) is 17.2. The molecule has 2 N–H and O–H groups in total. The van der Waals surface area contributed by atoms with Gasteiger partial charge in [-0.15, -0.1) is 6.58 Å². The van der Waals surface area contributed by atoms with Gasteiger partial charge in [0.15, 0.2) is 5.11 Å². The summed E-state index contributed by atoms with van der Waals surface area (Å²) in [5.41, 5.74) is 2.51. The fourth-order valence-electron chi connectivity index (χ4n) is 1.56. The van der Waals surface area contributed by atoms with E-state index in [9.17, 15) is 0 Å². The number of nitrogens with zero attached hydrogens (tertiary/aromatic N) is 2. The van der Waals surface area contributed by atoms with E-state index in [1.807, 2.05) is 54.6 Å². The van der Waals surface area contributed by atoms with Gasteiger partial charge in [0, 0.05) is 12.2 Å². The molecule has 0 saturated heterocycles. The number of thiocarbonyl (C=S) groups is 1. The van der Waals surface area contributed by atoms with Crippen molar-refractivity contribution in [2.75, 3.05) is 11.9 Å². The number of rotatable bonds is 5. The summed E-state index contributed by atoms with van der Waals surface area (Å²) in [5, 5.41) is 15.0. The summed E-state index contributed by atoms with van der Waals surface area (Å²) >= 11 is 5.14. The summed E-state index contributed by atoms with van der Waals surface area (Å²) in [7, 11) is 0. The zero-order valence-corrected chi connectivity index (χ0v) is 12.3. The molecule has 0 aliphatic rings. The molecular formula is C16H16N4S. The molecule has 0 radical (unpaired) electrons. The van der Waals surface area contributed by atoms with Crippen LogP contribution in [0.1, 0.15) is 0 Å². The Kier molecular flexibility index (Phi) is 5.60. The van der Waals surface area contributed by atoms with E-state index < -0.39 is 0 Å². The van der Waals surface area contributed by atoms with Crippen molar-refractivity contribution in [1.82, 2.24) is 5.32 Å². The van der Waals surface area contributed by atoms with Crippen molar-refractivity contribution < 1.29 is 0 Å². The third-order valence-electron chi connectivity index (χ3n) is 2.57. The Balaban J connectivity index is 1.94. The van der Waals surface area contributed by atoms with Crippen LogP contribution in [0.2, 0.25) is 0 Å². The normalized spacial score (nSPS) is 10.3. The predicted octanol–water partition coefficient (Wildman–Crippen LogP) is 4.57. The van der Waals surface area contributed by atoms with Crippen molar-refractivity contribution in [2.24, 2.45) is 10.2 Å². The van der Waals surface area contributed by atoms with Gasteiger partial charge < -0.3 is 10.6 Å². The molecule has 0 aliphatic heterocycles. The topological polar surface area (TPSA) is 48.8 Å². The summed E-state index contributed by atoms with van der Waals surface area (Å²) in [5.74, 6) is 0. The quantitative estimate of drug-likeness (QED) is 0.482. The summed E-state index contributed by atoms with van der Waals surface area (Å²) in [6.45, 7) is 4.26. The smallest absolute Gasteiger partial charge is 0.171 e. The van der Waals surface area contributed by atoms with Gasteiger partial charge in [-0.25, -0.2) is 0 Å². The lowest BCUT2D eigenvalue weighted by Gasteiger charge is -2.08. The SMILES string of the molecule is C=CCNC(=S)Nc1ccc(N=Nc2ccccc2)cc1. The number of anilines is 1. The highest BCUT2D eigenvalue weighted by Gasteiger charge is 1.96. The van der Waals surface area contributed by atoms with Crippen molar-refractivity contribution in [3.63, 3.8) is 0 Å². The van der Waals surface area contributed by atoms with Gasteiger partial charge >= 0.3 is 0 Å². The average molecular weight is 296 g/mol. The zero-order chi connectivity index (χ0) is 14.9. The van der Waals surface area contributed by atoms with Gasteiger partial charge in [-0.1, -0.05) is 24.3 Å². The molecule has 0 amide bonds. The lowest BCUT2D eigenvalue weighted by atomic mass is 10.3. The Hall–Kier alpha value is -2.53. The molecule has 0 aromatic heterocycles. The maximum Gasteiger partial charge on any atom is 0.171 e. The van der Waals surface area contributed by atoms with Crippen LogP contribution in [0.15, 0.2) is 77.5 Å². The number of benzene rings is 2. The van der Waals surface area contributed by atoms with Crippen LogP contribution in [0.5, 0.6) is 0 Å². The van der Waals surface area contributed by atoms with E-state index >= 15 is 0 Å². The molecule has 0 unspecified atom stereocenters. The van der Waals surface area contributed by atoms with Gasteiger partial charge in [0.2, 0.25) is 0 Å². The lowest BCUT2D eigenvalue weighted by molar-refractivity contribution is 1.06. The average Bonchev–Trinajstić information content (AvgIpc) is 2.53. The first kappa shape index (κ1) is 14.9. The van der Waals surface area contributed by atoms with Gasteiger partial charge in [0.1, 0.15) is 0 Å². The lowest BCUT2D eigenvalue weighted by Crippen LogP contribution is -2.28. The van der Waals surface area contributed by atoms with Crippen molar-refractivity contribution in [3.05, 3.63) is 67.3 Å². The predicted molar refractivity (Wildman–Crippen MR) is 91.5 cm³/mol. The van der Waals surface area contributed by atoms with Gasteiger partial charge in [-0.05, 0) is 48.6 Å². The Labute approximate surface area is 129 Å². The van der Waals surface area contributed by atoms with Crippen molar-refractivity contribution >= 4 is 34.4 Å². The first-order valence-electron chi connectivity index (χ1n) is 6.50. The molecule has 0 heterocycles. The number of hydrogen-bond donors (Lipinski definition) is 2. The minimum atomic E-state index is 0.563. The highest BCUT2D eigenvalue weighted by Crippen LogP contribution is 2.19.